The average Bonchev–Trinajstić information content (AvgIpc) is 2.50. The van der Waals surface area contributed by atoms with Crippen LogP contribution in [0.3, 0.4) is 0 Å². The number of hydrogen-bond donors (Lipinski definition) is 2. The zero-order chi connectivity index (χ0) is 17.5. The molecule has 0 atom stereocenters. The van der Waals surface area contributed by atoms with Gasteiger partial charge in [0.1, 0.15) is 0 Å². The van der Waals surface area contributed by atoms with Crippen LogP contribution < -0.4 is 10.6 Å². The van der Waals surface area contributed by atoms with Crippen LogP contribution in [-0.2, 0) is 16.0 Å². The third kappa shape index (κ3) is 5.48. The van der Waals surface area contributed by atoms with Gasteiger partial charge in [0.15, 0.2) is 0 Å². The highest BCUT2D eigenvalue weighted by molar-refractivity contribution is 5.96. The van der Waals surface area contributed by atoms with Crippen LogP contribution in [0.2, 0.25) is 0 Å². The first-order chi connectivity index (χ1) is 11.4. The molecule has 0 aliphatic carbocycles. The number of anilines is 2. The number of likely N-dealkylation sites (N-methyl/N-ethyl adjacent to an activating group) is 1. The van der Waals surface area contributed by atoms with Crippen LogP contribution in [0.25, 0.3) is 0 Å². The van der Waals surface area contributed by atoms with E-state index in [1.54, 1.807) is 23.4 Å². The summed E-state index contributed by atoms with van der Waals surface area (Å²) >= 11 is 0. The highest BCUT2D eigenvalue weighted by atomic mass is 16.2. The molecular weight excluding hydrogens is 304 g/mol. The molecule has 0 fully saturated rings. The monoisotopic (exact) mass is 326 g/mol. The third-order valence-electron chi connectivity index (χ3n) is 3.37. The second kappa shape index (κ2) is 8.21. The summed E-state index contributed by atoms with van der Waals surface area (Å²) in [5, 5.41) is 5.72. The standard InChI is InChI=1S/C18H22N4O2/c1-13-4-5-15(20-18(24)12-22(2)3)11-16(13)21-17(23)10-14-6-8-19-9-7-14/h4-9,11H,10,12H2,1-3H3,(H,20,24)(H,21,23). The average molecular weight is 326 g/mol. The molecule has 0 saturated carbocycles. The van der Waals surface area contributed by atoms with Gasteiger partial charge in [0.2, 0.25) is 11.8 Å². The summed E-state index contributed by atoms with van der Waals surface area (Å²) in [7, 11) is 3.67. The van der Waals surface area contributed by atoms with E-state index in [2.05, 4.69) is 15.6 Å². The molecule has 0 radical (unpaired) electrons. The maximum atomic E-state index is 12.2. The van der Waals surface area contributed by atoms with E-state index in [0.29, 0.717) is 17.9 Å². The number of nitrogens with one attached hydrogen (secondary N) is 2. The third-order valence-corrected chi connectivity index (χ3v) is 3.37. The van der Waals surface area contributed by atoms with Crippen molar-refractivity contribution in [1.29, 1.82) is 0 Å². The Kier molecular flexibility index (Phi) is 6.03. The van der Waals surface area contributed by atoms with Crippen LogP contribution in [0.1, 0.15) is 11.1 Å². The van der Waals surface area contributed by atoms with Crippen molar-refractivity contribution in [2.24, 2.45) is 0 Å². The molecule has 0 spiro atoms. The van der Waals surface area contributed by atoms with Crippen molar-refractivity contribution in [3.05, 3.63) is 53.9 Å². The molecule has 6 nitrogen and oxygen atoms in total. The summed E-state index contributed by atoms with van der Waals surface area (Å²) in [6, 6.07) is 9.08. The van der Waals surface area contributed by atoms with E-state index in [0.717, 1.165) is 11.1 Å². The van der Waals surface area contributed by atoms with Crippen LogP contribution in [0, 0.1) is 6.92 Å². The molecule has 24 heavy (non-hydrogen) atoms. The van der Waals surface area contributed by atoms with Crippen LogP contribution >= 0.6 is 0 Å². The Hall–Kier alpha value is -2.73. The Morgan fingerprint density at radius 2 is 1.75 bits per heavy atom. The van der Waals surface area contributed by atoms with Crippen molar-refractivity contribution >= 4 is 23.2 Å². The summed E-state index contributed by atoms with van der Waals surface area (Å²) in [6.45, 7) is 2.21. The van der Waals surface area contributed by atoms with Crippen LogP contribution in [0.4, 0.5) is 11.4 Å². The first kappa shape index (κ1) is 17.6. The fourth-order valence-electron chi connectivity index (χ4n) is 2.20. The van der Waals surface area contributed by atoms with E-state index in [1.165, 1.54) is 0 Å². The molecule has 1 aromatic heterocycles. The second-order valence-corrected chi connectivity index (χ2v) is 5.90. The van der Waals surface area contributed by atoms with Crippen molar-refractivity contribution in [1.82, 2.24) is 9.88 Å². The Labute approximate surface area is 141 Å². The van der Waals surface area contributed by atoms with Crippen LogP contribution in [0.15, 0.2) is 42.7 Å². The van der Waals surface area contributed by atoms with Crippen LogP contribution in [0.5, 0.6) is 0 Å². The minimum absolute atomic E-state index is 0.0992. The van der Waals surface area contributed by atoms with Gasteiger partial charge < -0.3 is 15.5 Å². The molecule has 6 heteroatoms. The quantitative estimate of drug-likeness (QED) is 0.852. The largest absolute Gasteiger partial charge is 0.325 e. The number of rotatable bonds is 6. The van der Waals surface area contributed by atoms with Gasteiger partial charge in [0, 0.05) is 23.8 Å². The second-order valence-electron chi connectivity index (χ2n) is 5.90. The fraction of sp³-hybridized carbons (Fsp3) is 0.278. The molecule has 2 N–H and O–H groups in total. The van der Waals surface area contributed by atoms with E-state index in [4.69, 9.17) is 0 Å². The molecule has 0 aliphatic rings. The lowest BCUT2D eigenvalue weighted by Crippen LogP contribution is -2.27. The molecule has 0 bridgehead atoms. The number of aromatic nitrogens is 1. The van der Waals surface area contributed by atoms with Gasteiger partial charge in [0.05, 0.1) is 13.0 Å². The van der Waals surface area contributed by atoms with Gasteiger partial charge in [-0.15, -0.1) is 0 Å². The van der Waals surface area contributed by atoms with E-state index >= 15 is 0 Å². The molecule has 2 rings (SSSR count). The number of carbonyl (C=O) groups excluding carboxylic acids is 2. The summed E-state index contributed by atoms with van der Waals surface area (Å²) in [6.07, 6.45) is 3.60. The van der Waals surface area contributed by atoms with Gasteiger partial charge >= 0.3 is 0 Å². The lowest BCUT2D eigenvalue weighted by atomic mass is 10.1. The van der Waals surface area contributed by atoms with E-state index in [1.807, 2.05) is 45.3 Å². The Morgan fingerprint density at radius 3 is 2.42 bits per heavy atom. The number of carbonyl (C=O) groups is 2. The number of pyridine rings is 1. The van der Waals surface area contributed by atoms with Gasteiger partial charge in [-0.2, -0.15) is 0 Å². The molecule has 1 heterocycles. The first-order valence-corrected chi connectivity index (χ1v) is 7.68. The zero-order valence-corrected chi connectivity index (χ0v) is 14.2. The summed E-state index contributed by atoms with van der Waals surface area (Å²) < 4.78 is 0. The number of benzene rings is 1. The smallest absolute Gasteiger partial charge is 0.238 e. The van der Waals surface area contributed by atoms with Crippen molar-refractivity contribution in [3.8, 4) is 0 Å². The van der Waals surface area contributed by atoms with Crippen molar-refractivity contribution in [2.45, 2.75) is 13.3 Å². The fourth-order valence-corrected chi connectivity index (χ4v) is 2.20. The molecule has 2 aromatic rings. The van der Waals surface area contributed by atoms with Gasteiger partial charge in [-0.25, -0.2) is 0 Å². The maximum absolute atomic E-state index is 12.2. The predicted molar refractivity (Wildman–Crippen MR) is 94.9 cm³/mol. The molecule has 126 valence electrons. The molecule has 0 saturated heterocycles. The highest BCUT2D eigenvalue weighted by Crippen LogP contribution is 2.20. The molecular formula is C18H22N4O2. The van der Waals surface area contributed by atoms with Crippen LogP contribution in [-0.4, -0.2) is 42.3 Å². The van der Waals surface area contributed by atoms with E-state index in [-0.39, 0.29) is 18.2 Å². The van der Waals surface area contributed by atoms with Gasteiger partial charge in [-0.3, -0.25) is 14.6 Å². The molecule has 0 aliphatic heterocycles. The predicted octanol–water partition coefficient (Wildman–Crippen LogP) is 2.07. The number of hydrogen-bond acceptors (Lipinski definition) is 4. The SMILES string of the molecule is Cc1ccc(NC(=O)CN(C)C)cc1NC(=O)Cc1ccncc1. The molecule has 0 unspecified atom stereocenters. The Bertz CT molecular complexity index is 714. The zero-order valence-electron chi connectivity index (χ0n) is 14.2. The maximum Gasteiger partial charge on any atom is 0.238 e. The van der Waals surface area contributed by atoms with Crippen molar-refractivity contribution < 1.29 is 9.59 Å². The van der Waals surface area contributed by atoms with Gasteiger partial charge in [0.25, 0.3) is 0 Å². The molecule has 2 amide bonds. The topological polar surface area (TPSA) is 74.3 Å². The van der Waals surface area contributed by atoms with Gasteiger partial charge in [-0.05, 0) is 56.4 Å². The van der Waals surface area contributed by atoms with Crippen molar-refractivity contribution in [2.75, 3.05) is 31.3 Å². The van der Waals surface area contributed by atoms with Gasteiger partial charge in [-0.1, -0.05) is 6.07 Å². The summed E-state index contributed by atoms with van der Waals surface area (Å²) in [5.41, 5.74) is 3.18. The number of amides is 2. The summed E-state index contributed by atoms with van der Waals surface area (Å²) in [4.78, 5) is 29.8. The lowest BCUT2D eigenvalue weighted by Gasteiger charge is -2.13. The Morgan fingerprint density at radius 1 is 1.04 bits per heavy atom. The molecule has 1 aromatic carbocycles. The normalized spacial score (nSPS) is 10.5. The van der Waals surface area contributed by atoms with E-state index < -0.39 is 0 Å². The minimum atomic E-state index is -0.110. The van der Waals surface area contributed by atoms with E-state index in [9.17, 15) is 9.59 Å². The first-order valence-electron chi connectivity index (χ1n) is 7.68. The Balaban J connectivity index is 2.03. The number of nitrogens with zero attached hydrogens (tertiary/aromatic N) is 2. The van der Waals surface area contributed by atoms with Crippen molar-refractivity contribution in [3.63, 3.8) is 0 Å². The number of aryl methyl sites for hydroxylation is 1. The summed E-state index contributed by atoms with van der Waals surface area (Å²) in [5.74, 6) is -0.209. The minimum Gasteiger partial charge on any atom is -0.325 e. The highest BCUT2D eigenvalue weighted by Gasteiger charge is 2.09. The lowest BCUT2D eigenvalue weighted by molar-refractivity contribution is -0.117.